The lowest BCUT2D eigenvalue weighted by Crippen LogP contribution is -2.34. The van der Waals surface area contributed by atoms with Gasteiger partial charge in [-0.15, -0.1) is 0 Å². The molecular weight excluding hydrogens is 518 g/mol. The van der Waals surface area contributed by atoms with Crippen molar-refractivity contribution in [3.05, 3.63) is 90.0 Å². The van der Waals surface area contributed by atoms with Crippen LogP contribution in [-0.4, -0.2) is 37.4 Å². The number of hydrogen-bond donors (Lipinski definition) is 2. The molecule has 3 aromatic rings. The number of sulfonamides is 1. The van der Waals surface area contributed by atoms with E-state index in [-0.39, 0.29) is 22.5 Å². The van der Waals surface area contributed by atoms with Gasteiger partial charge in [0.2, 0.25) is 10.0 Å². The number of anilines is 1. The van der Waals surface area contributed by atoms with Gasteiger partial charge in [0.15, 0.2) is 5.11 Å². The summed E-state index contributed by atoms with van der Waals surface area (Å²) in [6.45, 7) is 3.12. The number of benzene rings is 3. The second kappa shape index (κ2) is 14.6. The Labute approximate surface area is 231 Å². The Hall–Kier alpha value is -3.27. The first-order chi connectivity index (χ1) is 18.3. The number of unbranched alkanes of at least 4 members (excludes halogenated alkanes) is 4. The molecule has 202 valence electrons. The molecule has 0 aliphatic heterocycles. The highest BCUT2D eigenvalue weighted by atomic mass is 32.2. The molecule has 0 heterocycles. The molecule has 0 saturated heterocycles. The zero-order valence-electron chi connectivity index (χ0n) is 21.9. The van der Waals surface area contributed by atoms with Gasteiger partial charge in [-0.1, -0.05) is 62.9 Å². The fraction of sp³-hybridized carbons (Fsp3) is 0.310. The van der Waals surface area contributed by atoms with Crippen molar-refractivity contribution in [2.24, 2.45) is 0 Å². The predicted octanol–water partition coefficient (Wildman–Crippen LogP) is 5.98. The van der Waals surface area contributed by atoms with Crippen molar-refractivity contribution in [1.82, 2.24) is 9.62 Å². The Morgan fingerprint density at radius 1 is 0.895 bits per heavy atom. The van der Waals surface area contributed by atoms with Gasteiger partial charge in [-0.2, -0.15) is 4.31 Å². The van der Waals surface area contributed by atoms with Crippen LogP contribution < -0.4 is 15.4 Å². The number of amides is 1. The molecule has 38 heavy (non-hydrogen) atoms. The zero-order chi connectivity index (χ0) is 27.4. The van der Waals surface area contributed by atoms with Crippen molar-refractivity contribution in [2.45, 2.75) is 50.5 Å². The first kappa shape index (κ1) is 29.3. The Morgan fingerprint density at radius 3 is 2.21 bits per heavy atom. The van der Waals surface area contributed by atoms with Crippen LogP contribution >= 0.6 is 12.2 Å². The lowest BCUT2D eigenvalue weighted by atomic mass is 10.2. The summed E-state index contributed by atoms with van der Waals surface area (Å²) >= 11 is 5.27. The molecule has 0 saturated carbocycles. The molecule has 3 rings (SSSR count). The largest absolute Gasteiger partial charge is 0.494 e. The van der Waals surface area contributed by atoms with Crippen LogP contribution in [0.1, 0.15) is 54.9 Å². The second-order valence-corrected chi connectivity index (χ2v) is 11.4. The summed E-state index contributed by atoms with van der Waals surface area (Å²) < 4.78 is 32.9. The van der Waals surface area contributed by atoms with Gasteiger partial charge in [-0.05, 0) is 72.7 Å². The van der Waals surface area contributed by atoms with Crippen LogP contribution in [0.4, 0.5) is 5.69 Å². The van der Waals surface area contributed by atoms with Crippen molar-refractivity contribution in [3.63, 3.8) is 0 Å². The quantitative estimate of drug-likeness (QED) is 0.200. The van der Waals surface area contributed by atoms with Crippen LogP contribution in [0.25, 0.3) is 0 Å². The fourth-order valence-corrected chi connectivity index (χ4v) is 5.12. The van der Waals surface area contributed by atoms with Gasteiger partial charge in [-0.3, -0.25) is 10.1 Å². The number of carbonyl (C=O) groups is 1. The maximum Gasteiger partial charge on any atom is 0.257 e. The molecule has 2 N–H and O–H groups in total. The average Bonchev–Trinajstić information content (AvgIpc) is 2.91. The number of nitrogens with one attached hydrogen (secondary N) is 2. The average molecular weight is 554 g/mol. The molecule has 0 unspecified atom stereocenters. The van der Waals surface area contributed by atoms with Crippen LogP contribution in [-0.2, 0) is 16.6 Å². The van der Waals surface area contributed by atoms with Gasteiger partial charge in [0.1, 0.15) is 5.75 Å². The summed E-state index contributed by atoms with van der Waals surface area (Å²) in [7, 11) is -2.11. The van der Waals surface area contributed by atoms with Crippen molar-refractivity contribution in [3.8, 4) is 5.75 Å². The van der Waals surface area contributed by atoms with Crippen molar-refractivity contribution < 1.29 is 17.9 Å². The molecule has 1 amide bonds. The van der Waals surface area contributed by atoms with Crippen LogP contribution in [0.15, 0.2) is 83.8 Å². The predicted molar refractivity (Wildman–Crippen MR) is 156 cm³/mol. The van der Waals surface area contributed by atoms with Crippen LogP contribution in [0.3, 0.4) is 0 Å². The molecule has 0 aliphatic carbocycles. The van der Waals surface area contributed by atoms with Crippen molar-refractivity contribution in [1.29, 1.82) is 0 Å². The smallest absolute Gasteiger partial charge is 0.257 e. The van der Waals surface area contributed by atoms with E-state index in [9.17, 15) is 13.2 Å². The number of ether oxygens (including phenoxy) is 1. The molecule has 0 atom stereocenters. The van der Waals surface area contributed by atoms with Gasteiger partial charge >= 0.3 is 0 Å². The van der Waals surface area contributed by atoms with E-state index in [4.69, 9.17) is 17.0 Å². The Morgan fingerprint density at radius 2 is 1.55 bits per heavy atom. The van der Waals surface area contributed by atoms with E-state index in [0.29, 0.717) is 17.9 Å². The van der Waals surface area contributed by atoms with Crippen molar-refractivity contribution >= 4 is 38.9 Å². The SMILES string of the molecule is CCCCCCCOc1ccc(C(=O)NC(=S)Nc2ccc(S(=O)(=O)N(C)Cc3ccccc3)cc2)cc1. The molecule has 0 aromatic heterocycles. The number of rotatable bonds is 13. The topological polar surface area (TPSA) is 87.7 Å². The molecule has 7 nitrogen and oxygen atoms in total. The van der Waals surface area contributed by atoms with Gasteiger partial charge in [0, 0.05) is 24.8 Å². The molecule has 0 radical (unpaired) electrons. The van der Waals surface area contributed by atoms with E-state index in [1.165, 1.54) is 35.7 Å². The van der Waals surface area contributed by atoms with Gasteiger partial charge in [-0.25, -0.2) is 8.42 Å². The van der Waals surface area contributed by atoms with Gasteiger partial charge in [0.25, 0.3) is 5.91 Å². The van der Waals surface area contributed by atoms with E-state index in [1.54, 1.807) is 43.4 Å². The summed E-state index contributed by atoms with van der Waals surface area (Å²) in [6.07, 6.45) is 5.86. The lowest BCUT2D eigenvalue weighted by molar-refractivity contribution is 0.0977. The minimum Gasteiger partial charge on any atom is -0.494 e. The summed E-state index contributed by atoms with van der Waals surface area (Å²) in [5.74, 6) is 0.373. The van der Waals surface area contributed by atoms with Crippen molar-refractivity contribution in [2.75, 3.05) is 19.0 Å². The van der Waals surface area contributed by atoms with E-state index in [1.807, 2.05) is 30.3 Å². The second-order valence-electron chi connectivity index (χ2n) is 8.97. The zero-order valence-corrected chi connectivity index (χ0v) is 23.5. The lowest BCUT2D eigenvalue weighted by Gasteiger charge is -2.17. The molecule has 0 aliphatic rings. The maximum atomic E-state index is 12.9. The first-order valence-electron chi connectivity index (χ1n) is 12.7. The third kappa shape index (κ3) is 8.93. The molecule has 9 heteroatoms. The Bertz CT molecular complexity index is 1280. The summed E-state index contributed by atoms with van der Waals surface area (Å²) in [5, 5.41) is 5.67. The normalized spacial score (nSPS) is 11.2. The summed E-state index contributed by atoms with van der Waals surface area (Å²) in [6, 6.07) is 22.5. The standard InChI is InChI=1S/C29H35N3O4S2/c1-3-4-5-6-10-21-36-26-17-13-24(14-18-26)28(33)31-29(37)30-25-15-19-27(20-16-25)38(34,35)32(2)22-23-11-8-7-9-12-23/h7-9,11-20H,3-6,10,21-22H2,1-2H3,(H2,30,31,33,37). The Kier molecular flexibility index (Phi) is 11.3. The molecular formula is C29H35N3O4S2. The van der Waals surface area contributed by atoms with E-state index in [2.05, 4.69) is 17.6 Å². The van der Waals surface area contributed by atoms with E-state index < -0.39 is 10.0 Å². The highest BCUT2D eigenvalue weighted by Gasteiger charge is 2.21. The van der Waals surface area contributed by atoms with E-state index in [0.717, 1.165) is 24.2 Å². The summed E-state index contributed by atoms with van der Waals surface area (Å²) in [4.78, 5) is 12.7. The number of hydrogen-bond acceptors (Lipinski definition) is 5. The monoisotopic (exact) mass is 553 g/mol. The highest BCUT2D eigenvalue weighted by molar-refractivity contribution is 7.89. The number of carbonyl (C=O) groups excluding carboxylic acids is 1. The summed E-state index contributed by atoms with van der Waals surface area (Å²) in [5.41, 5.74) is 1.91. The fourth-order valence-electron chi connectivity index (χ4n) is 3.75. The molecule has 3 aromatic carbocycles. The van der Waals surface area contributed by atoms with E-state index >= 15 is 0 Å². The van der Waals surface area contributed by atoms with Crippen LogP contribution in [0.5, 0.6) is 5.75 Å². The van der Waals surface area contributed by atoms with Gasteiger partial charge < -0.3 is 10.1 Å². The van der Waals surface area contributed by atoms with Gasteiger partial charge in [0.05, 0.1) is 11.5 Å². The molecule has 0 fully saturated rings. The first-order valence-corrected chi connectivity index (χ1v) is 14.6. The number of thiocarbonyl (C=S) groups is 1. The number of nitrogens with zero attached hydrogens (tertiary/aromatic N) is 1. The molecule has 0 bridgehead atoms. The third-order valence-electron chi connectivity index (χ3n) is 5.93. The van der Waals surface area contributed by atoms with Crippen LogP contribution in [0, 0.1) is 0 Å². The minimum atomic E-state index is -3.66. The minimum absolute atomic E-state index is 0.110. The molecule has 0 spiro atoms. The third-order valence-corrected chi connectivity index (χ3v) is 7.95. The maximum absolute atomic E-state index is 12.9. The van der Waals surface area contributed by atoms with Crippen LogP contribution in [0.2, 0.25) is 0 Å². The highest BCUT2D eigenvalue weighted by Crippen LogP contribution is 2.19. The Balaban J connectivity index is 1.48.